The summed E-state index contributed by atoms with van der Waals surface area (Å²) >= 11 is 0. The van der Waals surface area contributed by atoms with Gasteiger partial charge >= 0.3 is 0 Å². The lowest BCUT2D eigenvalue weighted by Gasteiger charge is -2.35. The van der Waals surface area contributed by atoms with E-state index in [4.69, 9.17) is 5.73 Å². The molecule has 3 fully saturated rings. The molecular weight excluding hydrogens is 288 g/mol. The first-order chi connectivity index (χ1) is 11.2. The summed E-state index contributed by atoms with van der Waals surface area (Å²) in [6.45, 7) is 1.90. The largest absolute Gasteiger partial charge is 0.356 e. The molecule has 3 aliphatic rings. The van der Waals surface area contributed by atoms with Crippen LogP contribution in [0.25, 0.3) is 0 Å². The van der Waals surface area contributed by atoms with Gasteiger partial charge in [-0.3, -0.25) is 4.79 Å². The molecular formula is C18H26N4O. The van der Waals surface area contributed by atoms with E-state index in [0.29, 0.717) is 11.8 Å². The van der Waals surface area contributed by atoms with Crippen molar-refractivity contribution >= 4 is 11.7 Å². The maximum absolute atomic E-state index is 12.6. The van der Waals surface area contributed by atoms with Gasteiger partial charge in [-0.1, -0.05) is 6.07 Å². The van der Waals surface area contributed by atoms with Crippen LogP contribution in [0.15, 0.2) is 24.4 Å². The standard InChI is InChI=1S/C18H26N4O/c19-17-13-5-4-12(11-13)16(17)18(23)21-14-6-9-22(10-7-14)15-3-1-2-8-20-15/h1-3,8,12-14,16-17H,4-7,9-11,19H2,(H,21,23). The fourth-order valence-electron chi connectivity index (χ4n) is 4.82. The number of carbonyl (C=O) groups is 1. The van der Waals surface area contributed by atoms with Crippen LogP contribution < -0.4 is 16.0 Å². The minimum atomic E-state index is 0.0579. The van der Waals surface area contributed by atoms with Crippen LogP contribution in [0.2, 0.25) is 0 Å². The van der Waals surface area contributed by atoms with E-state index >= 15 is 0 Å². The predicted octanol–water partition coefficient (Wildman–Crippen LogP) is 1.54. The number of rotatable bonds is 3. The Kier molecular flexibility index (Phi) is 3.97. The maximum Gasteiger partial charge on any atom is 0.225 e. The number of piperidine rings is 1. The van der Waals surface area contributed by atoms with Crippen molar-refractivity contribution in [3.05, 3.63) is 24.4 Å². The van der Waals surface area contributed by atoms with Gasteiger partial charge in [-0.15, -0.1) is 0 Å². The summed E-state index contributed by atoms with van der Waals surface area (Å²) in [7, 11) is 0. The Morgan fingerprint density at radius 3 is 2.61 bits per heavy atom. The number of amides is 1. The summed E-state index contributed by atoms with van der Waals surface area (Å²) in [6, 6.07) is 6.38. The molecule has 3 N–H and O–H groups in total. The van der Waals surface area contributed by atoms with Crippen LogP contribution in [0.4, 0.5) is 5.82 Å². The van der Waals surface area contributed by atoms with Gasteiger partial charge in [0.15, 0.2) is 0 Å². The maximum atomic E-state index is 12.6. The summed E-state index contributed by atoms with van der Waals surface area (Å²) < 4.78 is 0. The number of nitrogens with two attached hydrogens (primary N) is 1. The third-order valence-electron chi connectivity index (χ3n) is 6.10. The molecule has 4 atom stereocenters. The lowest BCUT2D eigenvalue weighted by atomic mass is 9.84. The van der Waals surface area contributed by atoms with Crippen molar-refractivity contribution in [2.75, 3.05) is 18.0 Å². The first-order valence-corrected chi connectivity index (χ1v) is 8.94. The molecule has 1 saturated heterocycles. The van der Waals surface area contributed by atoms with E-state index in [9.17, 15) is 4.79 Å². The number of hydrogen-bond donors (Lipinski definition) is 2. The molecule has 4 unspecified atom stereocenters. The third kappa shape index (κ3) is 2.82. The van der Waals surface area contributed by atoms with Crippen molar-refractivity contribution in [2.45, 2.75) is 44.2 Å². The second-order valence-corrected chi connectivity index (χ2v) is 7.39. The number of hydrogen-bond acceptors (Lipinski definition) is 4. The third-order valence-corrected chi connectivity index (χ3v) is 6.10. The fourth-order valence-corrected chi connectivity index (χ4v) is 4.82. The number of pyridine rings is 1. The number of aromatic nitrogens is 1. The normalized spacial score (nSPS) is 33.9. The summed E-state index contributed by atoms with van der Waals surface area (Å²) in [5.74, 6) is 2.42. The number of fused-ring (bicyclic) bond motifs is 2. The lowest BCUT2D eigenvalue weighted by molar-refractivity contribution is -0.127. The predicted molar refractivity (Wildman–Crippen MR) is 89.9 cm³/mol. The Morgan fingerprint density at radius 2 is 1.96 bits per heavy atom. The van der Waals surface area contributed by atoms with E-state index < -0.39 is 0 Å². The molecule has 2 heterocycles. The highest BCUT2D eigenvalue weighted by Crippen LogP contribution is 2.47. The van der Waals surface area contributed by atoms with Crippen LogP contribution in [-0.2, 0) is 4.79 Å². The topological polar surface area (TPSA) is 71.2 Å². The molecule has 5 heteroatoms. The van der Waals surface area contributed by atoms with E-state index in [2.05, 4.69) is 15.2 Å². The minimum Gasteiger partial charge on any atom is -0.356 e. The van der Waals surface area contributed by atoms with E-state index in [-0.39, 0.29) is 23.9 Å². The summed E-state index contributed by atoms with van der Waals surface area (Å²) in [4.78, 5) is 19.4. The Balaban J connectivity index is 1.30. The molecule has 0 aromatic carbocycles. The van der Waals surface area contributed by atoms with Crippen molar-refractivity contribution in [1.29, 1.82) is 0 Å². The molecule has 5 nitrogen and oxygen atoms in total. The highest BCUT2D eigenvalue weighted by atomic mass is 16.2. The van der Waals surface area contributed by atoms with E-state index in [1.165, 1.54) is 12.8 Å². The van der Waals surface area contributed by atoms with Crippen molar-refractivity contribution in [3.8, 4) is 0 Å². The second-order valence-electron chi connectivity index (χ2n) is 7.39. The Labute approximate surface area is 137 Å². The molecule has 1 amide bonds. The van der Waals surface area contributed by atoms with Gasteiger partial charge in [0.2, 0.25) is 5.91 Å². The molecule has 4 rings (SSSR count). The minimum absolute atomic E-state index is 0.0579. The molecule has 0 spiro atoms. The number of anilines is 1. The summed E-state index contributed by atoms with van der Waals surface area (Å²) in [6.07, 6.45) is 7.38. The van der Waals surface area contributed by atoms with Crippen molar-refractivity contribution in [1.82, 2.24) is 10.3 Å². The van der Waals surface area contributed by atoms with Crippen molar-refractivity contribution in [2.24, 2.45) is 23.5 Å². The van der Waals surface area contributed by atoms with Gasteiger partial charge in [-0.2, -0.15) is 0 Å². The SMILES string of the molecule is NC1C2CCC(C2)C1C(=O)NC1CCN(c2ccccn2)CC1. The molecule has 0 radical (unpaired) electrons. The second kappa shape index (κ2) is 6.11. The Morgan fingerprint density at radius 1 is 1.17 bits per heavy atom. The zero-order chi connectivity index (χ0) is 15.8. The van der Waals surface area contributed by atoms with Gasteiger partial charge in [0.05, 0.1) is 5.92 Å². The zero-order valence-corrected chi connectivity index (χ0v) is 13.5. The van der Waals surface area contributed by atoms with Crippen LogP contribution in [-0.4, -0.2) is 36.1 Å². The highest BCUT2D eigenvalue weighted by Gasteiger charge is 2.49. The van der Waals surface area contributed by atoms with Crippen LogP contribution in [0, 0.1) is 17.8 Å². The first-order valence-electron chi connectivity index (χ1n) is 8.94. The molecule has 1 aliphatic heterocycles. The fraction of sp³-hybridized carbons (Fsp3) is 0.667. The lowest BCUT2D eigenvalue weighted by Crippen LogP contribution is -2.51. The molecule has 1 aromatic heterocycles. The van der Waals surface area contributed by atoms with Gasteiger partial charge in [-0.25, -0.2) is 4.98 Å². The number of nitrogens with one attached hydrogen (secondary N) is 1. The quantitative estimate of drug-likeness (QED) is 0.888. The van der Waals surface area contributed by atoms with Crippen LogP contribution in [0.3, 0.4) is 0 Å². The summed E-state index contributed by atoms with van der Waals surface area (Å²) in [5.41, 5.74) is 6.29. The van der Waals surface area contributed by atoms with E-state index in [0.717, 1.165) is 38.2 Å². The molecule has 2 bridgehead atoms. The van der Waals surface area contributed by atoms with E-state index in [1.807, 2.05) is 24.4 Å². The first kappa shape index (κ1) is 14.9. The smallest absolute Gasteiger partial charge is 0.225 e. The number of nitrogens with zero attached hydrogens (tertiary/aromatic N) is 2. The Hall–Kier alpha value is -1.62. The number of carbonyl (C=O) groups excluding carboxylic acids is 1. The molecule has 124 valence electrons. The van der Waals surface area contributed by atoms with Crippen LogP contribution >= 0.6 is 0 Å². The van der Waals surface area contributed by atoms with Crippen LogP contribution in [0.1, 0.15) is 32.1 Å². The highest BCUT2D eigenvalue weighted by molar-refractivity contribution is 5.80. The molecule has 2 aliphatic carbocycles. The molecule has 2 saturated carbocycles. The van der Waals surface area contributed by atoms with E-state index in [1.54, 1.807) is 0 Å². The Bertz CT molecular complexity index is 553. The van der Waals surface area contributed by atoms with Crippen LogP contribution in [0.5, 0.6) is 0 Å². The van der Waals surface area contributed by atoms with Crippen molar-refractivity contribution < 1.29 is 4.79 Å². The van der Waals surface area contributed by atoms with Gasteiger partial charge in [0.25, 0.3) is 0 Å². The average molecular weight is 314 g/mol. The zero-order valence-electron chi connectivity index (χ0n) is 13.5. The summed E-state index contributed by atoms with van der Waals surface area (Å²) in [5, 5.41) is 3.28. The van der Waals surface area contributed by atoms with Gasteiger partial charge < -0.3 is 16.0 Å². The van der Waals surface area contributed by atoms with Crippen molar-refractivity contribution in [3.63, 3.8) is 0 Å². The van der Waals surface area contributed by atoms with Gasteiger partial charge in [-0.05, 0) is 56.1 Å². The molecule has 23 heavy (non-hydrogen) atoms. The monoisotopic (exact) mass is 314 g/mol. The van der Waals surface area contributed by atoms with Gasteiger partial charge in [0, 0.05) is 31.4 Å². The molecule has 1 aromatic rings. The van der Waals surface area contributed by atoms with Gasteiger partial charge in [0.1, 0.15) is 5.82 Å². The average Bonchev–Trinajstić information content (AvgIpc) is 3.17.